The van der Waals surface area contributed by atoms with Gasteiger partial charge < -0.3 is 14.2 Å². The zero-order valence-corrected chi connectivity index (χ0v) is 20.5. The molecule has 32 heavy (non-hydrogen) atoms. The van der Waals surface area contributed by atoms with Crippen molar-refractivity contribution in [2.24, 2.45) is 0 Å². The Balaban J connectivity index is 1.87. The van der Waals surface area contributed by atoms with Crippen LogP contribution < -0.4 is 14.4 Å². The maximum atomic E-state index is 13.2. The summed E-state index contributed by atoms with van der Waals surface area (Å²) in [5.74, 6) is 0.882. The molecule has 0 unspecified atom stereocenters. The van der Waals surface area contributed by atoms with Gasteiger partial charge in [0, 0.05) is 33.2 Å². The Hall–Kier alpha value is -1.99. The lowest BCUT2D eigenvalue weighted by Gasteiger charge is -2.28. The molecule has 0 radical (unpaired) electrons. The Morgan fingerprint density at radius 2 is 1.88 bits per heavy atom. The van der Waals surface area contributed by atoms with E-state index >= 15 is 0 Å². The summed E-state index contributed by atoms with van der Waals surface area (Å²) in [4.78, 5) is 21.7. The van der Waals surface area contributed by atoms with Gasteiger partial charge in [-0.25, -0.2) is 13.4 Å². The number of sulfonamides is 1. The van der Waals surface area contributed by atoms with E-state index in [0.717, 1.165) is 41.3 Å². The summed E-state index contributed by atoms with van der Waals surface area (Å²) in [6.07, 6.45) is 1.80. The van der Waals surface area contributed by atoms with Crippen molar-refractivity contribution in [3.8, 4) is 11.5 Å². The highest BCUT2D eigenvalue weighted by Gasteiger charge is 2.25. The van der Waals surface area contributed by atoms with E-state index in [2.05, 4.69) is 9.88 Å². The fraction of sp³-hybridized carbons (Fsp3) is 0.600. The first-order valence-corrected chi connectivity index (χ1v) is 12.9. The third-order valence-electron chi connectivity index (χ3n) is 5.31. The van der Waals surface area contributed by atoms with Gasteiger partial charge in [0.15, 0.2) is 5.13 Å². The summed E-state index contributed by atoms with van der Waals surface area (Å²) in [5.41, 5.74) is 0.606. The molecule has 1 fully saturated rings. The summed E-state index contributed by atoms with van der Waals surface area (Å²) in [6, 6.07) is 3.57. The molecule has 1 amide bonds. The normalized spacial score (nSPS) is 15.3. The Morgan fingerprint density at radius 1 is 1.22 bits per heavy atom. The number of thiazole rings is 1. The average molecular weight is 487 g/mol. The maximum Gasteiger partial charge on any atom is 0.244 e. The molecule has 0 atom stereocenters. The summed E-state index contributed by atoms with van der Waals surface area (Å²) < 4.78 is 41.8. The molecule has 2 heterocycles. The van der Waals surface area contributed by atoms with Crippen molar-refractivity contribution in [2.45, 2.75) is 6.42 Å². The molecule has 0 saturated carbocycles. The van der Waals surface area contributed by atoms with E-state index in [1.807, 2.05) is 0 Å². The van der Waals surface area contributed by atoms with Crippen molar-refractivity contribution in [3.05, 3.63) is 12.1 Å². The maximum absolute atomic E-state index is 13.2. The monoisotopic (exact) mass is 486 g/mol. The van der Waals surface area contributed by atoms with Gasteiger partial charge in [0.25, 0.3) is 0 Å². The third kappa shape index (κ3) is 5.87. The van der Waals surface area contributed by atoms with Crippen LogP contribution in [0.15, 0.2) is 12.1 Å². The van der Waals surface area contributed by atoms with Crippen LogP contribution in [0.25, 0.3) is 10.2 Å². The molecule has 1 aromatic carbocycles. The molecule has 1 aromatic heterocycles. The van der Waals surface area contributed by atoms with Gasteiger partial charge in [-0.05, 0) is 18.6 Å². The molecule has 1 aliphatic heterocycles. The number of anilines is 1. The average Bonchev–Trinajstić information content (AvgIpc) is 3.21. The molecule has 3 rings (SSSR count). The molecule has 0 bridgehead atoms. The highest BCUT2D eigenvalue weighted by atomic mass is 32.2. The van der Waals surface area contributed by atoms with Gasteiger partial charge in [0.1, 0.15) is 21.7 Å². The van der Waals surface area contributed by atoms with Crippen LogP contribution in [0.5, 0.6) is 11.5 Å². The second kappa shape index (κ2) is 10.8. The molecule has 2 aromatic rings. The second-order valence-electron chi connectivity index (χ2n) is 7.52. The van der Waals surface area contributed by atoms with Gasteiger partial charge in [-0.1, -0.05) is 11.3 Å². The number of morpholine rings is 1. The van der Waals surface area contributed by atoms with Crippen molar-refractivity contribution in [3.63, 3.8) is 0 Å². The Kier molecular flexibility index (Phi) is 8.28. The Bertz CT molecular complexity index is 995. The number of hydrogen-bond acceptors (Lipinski definition) is 9. The van der Waals surface area contributed by atoms with Crippen molar-refractivity contribution in [2.75, 3.05) is 78.4 Å². The molecule has 10 nitrogen and oxygen atoms in total. The van der Waals surface area contributed by atoms with Gasteiger partial charge >= 0.3 is 0 Å². The molecular weight excluding hydrogens is 456 g/mol. The third-order valence-corrected chi connectivity index (χ3v) is 7.67. The van der Waals surface area contributed by atoms with Crippen LogP contribution in [0.4, 0.5) is 5.13 Å². The van der Waals surface area contributed by atoms with Gasteiger partial charge in [-0.3, -0.25) is 14.6 Å². The number of carbonyl (C=O) groups is 1. The number of methoxy groups -OCH3 is 2. The first kappa shape index (κ1) is 24.6. The number of amides is 1. The minimum Gasteiger partial charge on any atom is -0.495 e. The molecule has 0 N–H and O–H groups in total. The Labute approximate surface area is 192 Å². The largest absolute Gasteiger partial charge is 0.495 e. The number of ether oxygens (including phenoxy) is 3. The van der Waals surface area contributed by atoms with Crippen LogP contribution >= 0.6 is 11.3 Å². The zero-order valence-electron chi connectivity index (χ0n) is 18.9. The first-order chi connectivity index (χ1) is 15.2. The molecule has 1 aliphatic rings. The molecule has 1 saturated heterocycles. The second-order valence-corrected chi connectivity index (χ2v) is 10.6. The van der Waals surface area contributed by atoms with E-state index in [1.165, 1.54) is 18.4 Å². The van der Waals surface area contributed by atoms with Crippen LogP contribution in [-0.2, 0) is 19.6 Å². The highest BCUT2D eigenvalue weighted by molar-refractivity contribution is 7.88. The number of fused-ring (bicyclic) bond motifs is 1. The number of rotatable bonds is 10. The first-order valence-electron chi connectivity index (χ1n) is 10.3. The highest BCUT2D eigenvalue weighted by Crippen LogP contribution is 2.40. The van der Waals surface area contributed by atoms with Gasteiger partial charge in [0.05, 0.1) is 40.2 Å². The van der Waals surface area contributed by atoms with E-state index in [9.17, 15) is 13.2 Å². The van der Waals surface area contributed by atoms with Crippen LogP contribution in [-0.4, -0.2) is 102 Å². The van der Waals surface area contributed by atoms with E-state index in [4.69, 9.17) is 14.2 Å². The van der Waals surface area contributed by atoms with E-state index in [1.54, 1.807) is 31.3 Å². The van der Waals surface area contributed by atoms with Crippen LogP contribution in [0, 0.1) is 0 Å². The molecular formula is C20H30N4O6S2. The summed E-state index contributed by atoms with van der Waals surface area (Å²) in [6.45, 7) is 4.10. The van der Waals surface area contributed by atoms with Crippen LogP contribution in [0.3, 0.4) is 0 Å². The van der Waals surface area contributed by atoms with E-state index < -0.39 is 10.0 Å². The van der Waals surface area contributed by atoms with E-state index in [0.29, 0.717) is 41.9 Å². The summed E-state index contributed by atoms with van der Waals surface area (Å²) in [7, 11) is 1.04. The smallest absolute Gasteiger partial charge is 0.244 e. The number of benzene rings is 1. The van der Waals surface area contributed by atoms with Crippen LogP contribution in [0.1, 0.15) is 6.42 Å². The fourth-order valence-electron chi connectivity index (χ4n) is 3.39. The number of nitrogens with zero attached hydrogens (tertiary/aromatic N) is 4. The quantitative estimate of drug-likeness (QED) is 0.495. The number of carbonyl (C=O) groups excluding carboxylic acids is 1. The molecule has 178 valence electrons. The van der Waals surface area contributed by atoms with Gasteiger partial charge in [-0.15, -0.1) is 0 Å². The van der Waals surface area contributed by atoms with Gasteiger partial charge in [0.2, 0.25) is 15.9 Å². The lowest BCUT2D eigenvalue weighted by atomic mass is 10.3. The van der Waals surface area contributed by atoms with E-state index in [-0.39, 0.29) is 12.5 Å². The molecule has 0 spiro atoms. The van der Waals surface area contributed by atoms with Crippen molar-refractivity contribution >= 4 is 42.6 Å². The lowest BCUT2D eigenvalue weighted by Crippen LogP contribution is -2.43. The lowest BCUT2D eigenvalue weighted by molar-refractivity contribution is -0.118. The molecule has 12 heteroatoms. The topological polar surface area (TPSA) is 102 Å². The van der Waals surface area contributed by atoms with Crippen molar-refractivity contribution < 1.29 is 27.4 Å². The van der Waals surface area contributed by atoms with Gasteiger partial charge in [-0.2, -0.15) is 4.31 Å². The fourth-order valence-corrected chi connectivity index (χ4v) is 4.85. The van der Waals surface area contributed by atoms with Crippen molar-refractivity contribution in [1.29, 1.82) is 0 Å². The standard InChI is InChI=1S/C20H30N4O6S2/c1-22(32(4,26)27)14-17(25)24(9-5-8-23-10-12-30-13-11-23)20-21-18-15(28-2)6-7-16(29-3)19(18)31-20/h6-7H,5,8-14H2,1-4H3. The zero-order chi connectivity index (χ0) is 23.3. The predicted molar refractivity (Wildman–Crippen MR) is 124 cm³/mol. The van der Waals surface area contributed by atoms with Crippen molar-refractivity contribution in [1.82, 2.24) is 14.2 Å². The predicted octanol–water partition coefficient (Wildman–Crippen LogP) is 1.26. The molecule has 0 aliphatic carbocycles. The minimum atomic E-state index is -3.49. The minimum absolute atomic E-state index is 0.263. The number of aromatic nitrogens is 1. The summed E-state index contributed by atoms with van der Waals surface area (Å²) in [5, 5.41) is 0.483. The van der Waals surface area contributed by atoms with Crippen LogP contribution in [0.2, 0.25) is 0 Å². The number of hydrogen-bond donors (Lipinski definition) is 0. The number of likely N-dealkylation sites (N-methyl/N-ethyl adjacent to an activating group) is 1. The summed E-state index contributed by atoms with van der Waals surface area (Å²) >= 11 is 1.32. The Morgan fingerprint density at radius 3 is 2.50 bits per heavy atom. The SMILES string of the molecule is COc1ccc(OC)c2sc(N(CCCN3CCOCC3)C(=O)CN(C)S(C)(=O)=O)nc12.